The van der Waals surface area contributed by atoms with E-state index in [9.17, 15) is 4.39 Å². The first-order valence-electron chi connectivity index (χ1n) is 6.12. The largest absolute Gasteiger partial charge is 0.313 e. The van der Waals surface area contributed by atoms with Crippen molar-refractivity contribution in [2.75, 3.05) is 6.54 Å². The molecule has 0 aliphatic carbocycles. The lowest BCUT2D eigenvalue weighted by atomic mass is 9.96. The van der Waals surface area contributed by atoms with Crippen LogP contribution in [0.25, 0.3) is 0 Å². The fourth-order valence-corrected chi connectivity index (χ4v) is 1.77. The fourth-order valence-electron chi connectivity index (χ4n) is 1.77. The molecule has 2 heteroatoms. The smallest absolute Gasteiger partial charge is 0.126 e. The van der Waals surface area contributed by atoms with Crippen LogP contribution in [0.1, 0.15) is 32.8 Å². The second-order valence-corrected chi connectivity index (χ2v) is 4.60. The Bertz CT molecular complexity index is 309. The highest BCUT2D eigenvalue weighted by molar-refractivity contribution is 5.18. The predicted molar refractivity (Wildman–Crippen MR) is 67.0 cm³/mol. The maximum atomic E-state index is 13.5. The molecule has 0 spiro atoms. The zero-order chi connectivity index (χ0) is 12.0. The van der Waals surface area contributed by atoms with Gasteiger partial charge in [-0.05, 0) is 36.9 Å². The molecule has 1 nitrogen and oxygen atoms in total. The number of benzene rings is 1. The van der Waals surface area contributed by atoms with Crippen LogP contribution in [0.2, 0.25) is 0 Å². The Balaban J connectivity index is 2.64. The van der Waals surface area contributed by atoms with Gasteiger partial charge in [0, 0.05) is 6.04 Å². The van der Waals surface area contributed by atoms with Crippen molar-refractivity contribution in [1.29, 1.82) is 0 Å². The Morgan fingerprint density at radius 2 is 1.94 bits per heavy atom. The van der Waals surface area contributed by atoms with Gasteiger partial charge in [0.1, 0.15) is 5.82 Å². The third-order valence-electron chi connectivity index (χ3n) is 2.86. The highest BCUT2D eigenvalue weighted by Crippen LogP contribution is 2.13. The molecule has 0 aromatic heterocycles. The molecule has 0 bridgehead atoms. The Hall–Kier alpha value is -0.890. The van der Waals surface area contributed by atoms with E-state index in [0.717, 1.165) is 24.9 Å². The van der Waals surface area contributed by atoms with Crippen LogP contribution in [0.5, 0.6) is 0 Å². The lowest BCUT2D eigenvalue weighted by Crippen LogP contribution is -2.36. The molecule has 1 aromatic rings. The van der Waals surface area contributed by atoms with E-state index in [1.807, 2.05) is 12.1 Å². The van der Waals surface area contributed by atoms with E-state index in [4.69, 9.17) is 0 Å². The van der Waals surface area contributed by atoms with Crippen LogP contribution in [0.3, 0.4) is 0 Å². The maximum Gasteiger partial charge on any atom is 0.126 e. The SMILES string of the molecule is CCCNC(Cc1ccccc1F)C(C)C. The summed E-state index contributed by atoms with van der Waals surface area (Å²) >= 11 is 0. The fraction of sp³-hybridized carbons (Fsp3) is 0.571. The summed E-state index contributed by atoms with van der Waals surface area (Å²) in [4.78, 5) is 0. The zero-order valence-electron chi connectivity index (χ0n) is 10.5. The molecule has 0 aliphatic rings. The summed E-state index contributed by atoms with van der Waals surface area (Å²) in [6.45, 7) is 7.49. The first-order chi connectivity index (χ1) is 7.65. The van der Waals surface area contributed by atoms with E-state index in [2.05, 4.69) is 26.1 Å². The molecule has 1 aromatic carbocycles. The van der Waals surface area contributed by atoms with Crippen molar-refractivity contribution >= 4 is 0 Å². The van der Waals surface area contributed by atoms with Crippen molar-refractivity contribution in [3.05, 3.63) is 35.6 Å². The number of nitrogens with one attached hydrogen (secondary N) is 1. The molecule has 0 fully saturated rings. The summed E-state index contributed by atoms with van der Waals surface area (Å²) in [5.74, 6) is 0.428. The van der Waals surface area contributed by atoms with Crippen LogP contribution in [0.4, 0.5) is 4.39 Å². The average molecular weight is 223 g/mol. The van der Waals surface area contributed by atoms with Gasteiger partial charge in [-0.15, -0.1) is 0 Å². The number of rotatable bonds is 6. The molecule has 0 heterocycles. The van der Waals surface area contributed by atoms with Crippen molar-refractivity contribution in [3.8, 4) is 0 Å². The summed E-state index contributed by atoms with van der Waals surface area (Å²) in [7, 11) is 0. The lowest BCUT2D eigenvalue weighted by molar-refractivity contribution is 0.392. The van der Waals surface area contributed by atoms with Gasteiger partial charge < -0.3 is 5.32 Å². The molecule has 0 saturated carbocycles. The zero-order valence-corrected chi connectivity index (χ0v) is 10.5. The van der Waals surface area contributed by atoms with E-state index < -0.39 is 0 Å². The summed E-state index contributed by atoms with van der Waals surface area (Å²) in [6.07, 6.45) is 1.88. The third-order valence-corrected chi connectivity index (χ3v) is 2.86. The molecular formula is C14H22FN. The normalized spacial score (nSPS) is 13.1. The summed E-state index contributed by atoms with van der Waals surface area (Å²) in [5, 5.41) is 3.48. The highest BCUT2D eigenvalue weighted by atomic mass is 19.1. The molecule has 0 radical (unpaired) electrons. The second kappa shape index (κ2) is 6.64. The maximum absolute atomic E-state index is 13.5. The molecule has 0 saturated heterocycles. The molecule has 90 valence electrons. The molecule has 1 rings (SSSR count). The van der Waals surface area contributed by atoms with E-state index in [-0.39, 0.29) is 5.82 Å². The Morgan fingerprint density at radius 3 is 2.50 bits per heavy atom. The number of hydrogen-bond donors (Lipinski definition) is 1. The van der Waals surface area contributed by atoms with Crippen LogP contribution in [-0.4, -0.2) is 12.6 Å². The van der Waals surface area contributed by atoms with Crippen LogP contribution in [-0.2, 0) is 6.42 Å². The summed E-state index contributed by atoms with van der Waals surface area (Å²) in [6, 6.07) is 7.40. The molecular weight excluding hydrogens is 201 g/mol. The highest BCUT2D eigenvalue weighted by Gasteiger charge is 2.14. The minimum absolute atomic E-state index is 0.0913. The minimum Gasteiger partial charge on any atom is -0.313 e. The van der Waals surface area contributed by atoms with Crippen LogP contribution in [0.15, 0.2) is 24.3 Å². The molecule has 1 unspecified atom stereocenters. The van der Waals surface area contributed by atoms with Crippen molar-refractivity contribution < 1.29 is 4.39 Å². The Morgan fingerprint density at radius 1 is 1.25 bits per heavy atom. The monoisotopic (exact) mass is 223 g/mol. The van der Waals surface area contributed by atoms with Gasteiger partial charge in [0.25, 0.3) is 0 Å². The topological polar surface area (TPSA) is 12.0 Å². The predicted octanol–water partition coefficient (Wildman–Crippen LogP) is 3.39. The van der Waals surface area contributed by atoms with Crippen molar-refractivity contribution in [2.45, 2.75) is 39.7 Å². The third kappa shape index (κ3) is 3.93. The van der Waals surface area contributed by atoms with Gasteiger partial charge in [0.05, 0.1) is 0 Å². The van der Waals surface area contributed by atoms with Gasteiger partial charge in [-0.1, -0.05) is 39.0 Å². The van der Waals surface area contributed by atoms with E-state index in [0.29, 0.717) is 12.0 Å². The summed E-state index contributed by atoms with van der Waals surface area (Å²) in [5.41, 5.74) is 0.810. The van der Waals surface area contributed by atoms with E-state index >= 15 is 0 Å². The van der Waals surface area contributed by atoms with Gasteiger partial charge in [-0.2, -0.15) is 0 Å². The van der Waals surface area contributed by atoms with Crippen LogP contribution >= 0.6 is 0 Å². The molecule has 0 aliphatic heterocycles. The van der Waals surface area contributed by atoms with Gasteiger partial charge in [0.15, 0.2) is 0 Å². The molecule has 1 atom stereocenters. The van der Waals surface area contributed by atoms with Gasteiger partial charge in [0.2, 0.25) is 0 Å². The standard InChI is InChI=1S/C14H22FN/c1-4-9-16-14(11(2)3)10-12-7-5-6-8-13(12)15/h5-8,11,14,16H,4,9-10H2,1-3H3. The minimum atomic E-state index is -0.0913. The van der Waals surface area contributed by atoms with Gasteiger partial charge >= 0.3 is 0 Å². The molecule has 1 N–H and O–H groups in total. The Kier molecular flexibility index (Phi) is 5.47. The first kappa shape index (κ1) is 13.2. The quantitative estimate of drug-likeness (QED) is 0.779. The average Bonchev–Trinajstić information content (AvgIpc) is 2.26. The van der Waals surface area contributed by atoms with Crippen LogP contribution in [0, 0.1) is 11.7 Å². The van der Waals surface area contributed by atoms with Gasteiger partial charge in [-0.25, -0.2) is 4.39 Å². The Labute approximate surface area is 98.1 Å². The van der Waals surface area contributed by atoms with E-state index in [1.54, 1.807) is 6.07 Å². The second-order valence-electron chi connectivity index (χ2n) is 4.60. The summed E-state index contributed by atoms with van der Waals surface area (Å²) < 4.78 is 13.5. The lowest BCUT2D eigenvalue weighted by Gasteiger charge is -2.22. The van der Waals surface area contributed by atoms with Gasteiger partial charge in [-0.3, -0.25) is 0 Å². The van der Waals surface area contributed by atoms with Crippen molar-refractivity contribution in [2.24, 2.45) is 5.92 Å². The molecule has 16 heavy (non-hydrogen) atoms. The van der Waals surface area contributed by atoms with Crippen LogP contribution < -0.4 is 5.32 Å². The first-order valence-corrected chi connectivity index (χ1v) is 6.12. The number of hydrogen-bond acceptors (Lipinski definition) is 1. The number of halogens is 1. The van der Waals surface area contributed by atoms with Crippen molar-refractivity contribution in [1.82, 2.24) is 5.32 Å². The molecule has 0 amide bonds. The van der Waals surface area contributed by atoms with Crippen molar-refractivity contribution in [3.63, 3.8) is 0 Å². The van der Waals surface area contributed by atoms with E-state index in [1.165, 1.54) is 6.07 Å².